The van der Waals surface area contributed by atoms with Gasteiger partial charge in [0.05, 0.1) is 0 Å². The molecule has 1 rings (SSSR count). The first-order valence-corrected chi connectivity index (χ1v) is 7.32. The lowest BCUT2D eigenvalue weighted by Crippen LogP contribution is -2.37. The molecule has 0 bridgehead atoms. The number of nitrogens with two attached hydrogens (primary N) is 1. The topological polar surface area (TPSA) is 47.3 Å². The third-order valence-electron chi connectivity index (χ3n) is 2.68. The summed E-state index contributed by atoms with van der Waals surface area (Å²) in [6.45, 7) is 3.62. The van der Waals surface area contributed by atoms with Gasteiger partial charge in [-0.25, -0.2) is 0 Å². The lowest BCUT2D eigenvalue weighted by molar-refractivity contribution is 0.124. The van der Waals surface area contributed by atoms with Crippen LogP contribution in [-0.4, -0.2) is 19.3 Å². The predicted octanol–water partition coefficient (Wildman–Crippen LogP) is 3.29. The minimum Gasteiger partial charge on any atom is -0.381 e. The van der Waals surface area contributed by atoms with E-state index in [9.17, 15) is 0 Å². The Labute approximate surface area is 122 Å². The summed E-state index contributed by atoms with van der Waals surface area (Å²) >= 11 is 9.58. The van der Waals surface area contributed by atoms with Crippen LogP contribution in [0.15, 0.2) is 22.7 Å². The van der Waals surface area contributed by atoms with E-state index in [-0.39, 0.29) is 6.04 Å². The van der Waals surface area contributed by atoms with E-state index in [4.69, 9.17) is 22.2 Å². The van der Waals surface area contributed by atoms with Crippen LogP contribution in [0.4, 0.5) is 0 Å². The Hall–Kier alpha value is -0.130. The molecule has 102 valence electrons. The quantitative estimate of drug-likeness (QED) is 0.435. The van der Waals surface area contributed by atoms with Gasteiger partial charge in [0.15, 0.2) is 0 Å². The lowest BCUT2D eigenvalue weighted by Gasteiger charge is -2.16. The highest BCUT2D eigenvalue weighted by Crippen LogP contribution is 2.22. The summed E-state index contributed by atoms with van der Waals surface area (Å²) < 4.78 is 6.45. The van der Waals surface area contributed by atoms with Gasteiger partial charge in [-0.1, -0.05) is 40.5 Å². The Morgan fingerprint density at radius 3 is 2.83 bits per heavy atom. The Morgan fingerprint density at radius 1 is 1.44 bits per heavy atom. The van der Waals surface area contributed by atoms with Crippen molar-refractivity contribution in [2.45, 2.75) is 32.2 Å². The molecule has 0 saturated carbocycles. The van der Waals surface area contributed by atoms with Crippen LogP contribution >= 0.6 is 27.5 Å². The van der Waals surface area contributed by atoms with Crippen molar-refractivity contribution in [3.05, 3.63) is 33.3 Å². The molecule has 3 N–H and O–H groups in total. The molecule has 1 atom stereocenters. The summed E-state index contributed by atoms with van der Waals surface area (Å²) in [5, 5.41) is 0.763. The molecule has 1 aromatic rings. The van der Waals surface area contributed by atoms with Crippen molar-refractivity contribution in [2.24, 2.45) is 5.84 Å². The van der Waals surface area contributed by atoms with Crippen molar-refractivity contribution in [1.82, 2.24) is 5.43 Å². The zero-order valence-corrected chi connectivity index (χ0v) is 12.9. The first kappa shape index (κ1) is 15.9. The number of nitrogens with one attached hydrogen (secondary N) is 1. The van der Waals surface area contributed by atoms with E-state index in [1.807, 2.05) is 18.2 Å². The second-order valence-electron chi connectivity index (χ2n) is 4.20. The van der Waals surface area contributed by atoms with Gasteiger partial charge in [0.1, 0.15) is 0 Å². The fourth-order valence-electron chi connectivity index (χ4n) is 1.67. The molecule has 1 aromatic carbocycles. The molecule has 0 aromatic heterocycles. The molecule has 0 heterocycles. The van der Waals surface area contributed by atoms with Gasteiger partial charge in [0, 0.05) is 28.8 Å². The SMILES string of the molecule is CCCOCCC(Cc1ccc(Br)cc1Cl)NN. The van der Waals surface area contributed by atoms with Crippen LogP contribution in [0.5, 0.6) is 0 Å². The van der Waals surface area contributed by atoms with E-state index in [1.165, 1.54) is 0 Å². The van der Waals surface area contributed by atoms with Crippen molar-refractivity contribution >= 4 is 27.5 Å². The first-order chi connectivity index (χ1) is 8.67. The van der Waals surface area contributed by atoms with Crippen molar-refractivity contribution in [3.8, 4) is 0 Å². The second-order valence-corrected chi connectivity index (χ2v) is 5.53. The van der Waals surface area contributed by atoms with Crippen LogP contribution in [0.2, 0.25) is 5.02 Å². The first-order valence-electron chi connectivity index (χ1n) is 6.15. The highest BCUT2D eigenvalue weighted by Gasteiger charge is 2.10. The zero-order valence-electron chi connectivity index (χ0n) is 10.6. The Kier molecular flexibility index (Phi) is 7.86. The number of hydrogen-bond donors (Lipinski definition) is 2. The Bertz CT molecular complexity index is 363. The van der Waals surface area contributed by atoms with E-state index in [2.05, 4.69) is 28.3 Å². The summed E-state index contributed by atoms with van der Waals surface area (Å²) in [4.78, 5) is 0. The van der Waals surface area contributed by atoms with Gasteiger partial charge in [-0.3, -0.25) is 11.3 Å². The predicted molar refractivity (Wildman–Crippen MR) is 79.7 cm³/mol. The molecule has 18 heavy (non-hydrogen) atoms. The van der Waals surface area contributed by atoms with Crippen LogP contribution < -0.4 is 11.3 Å². The summed E-state index contributed by atoms with van der Waals surface area (Å²) in [5.74, 6) is 5.56. The number of rotatable bonds is 8. The largest absolute Gasteiger partial charge is 0.381 e. The molecule has 0 radical (unpaired) electrons. The van der Waals surface area contributed by atoms with Gasteiger partial charge in [0.2, 0.25) is 0 Å². The van der Waals surface area contributed by atoms with Gasteiger partial charge in [-0.05, 0) is 37.0 Å². The van der Waals surface area contributed by atoms with Crippen LogP contribution in [0.25, 0.3) is 0 Å². The third-order valence-corrected chi connectivity index (χ3v) is 3.52. The molecule has 1 unspecified atom stereocenters. The second kappa shape index (κ2) is 8.88. The molecular formula is C13H20BrClN2O. The van der Waals surface area contributed by atoms with Gasteiger partial charge in [-0.2, -0.15) is 0 Å². The van der Waals surface area contributed by atoms with E-state index in [1.54, 1.807) is 0 Å². The van der Waals surface area contributed by atoms with E-state index >= 15 is 0 Å². The monoisotopic (exact) mass is 334 g/mol. The summed E-state index contributed by atoms with van der Waals surface area (Å²) in [6.07, 6.45) is 2.72. The van der Waals surface area contributed by atoms with Gasteiger partial charge >= 0.3 is 0 Å². The Morgan fingerprint density at radius 2 is 2.22 bits per heavy atom. The number of halogens is 2. The maximum atomic E-state index is 6.18. The van der Waals surface area contributed by atoms with E-state index < -0.39 is 0 Å². The van der Waals surface area contributed by atoms with Gasteiger partial charge in [-0.15, -0.1) is 0 Å². The number of benzene rings is 1. The summed E-state index contributed by atoms with van der Waals surface area (Å²) in [7, 11) is 0. The number of hydrogen-bond acceptors (Lipinski definition) is 3. The van der Waals surface area contributed by atoms with Crippen LogP contribution in [0.1, 0.15) is 25.3 Å². The smallest absolute Gasteiger partial charge is 0.0481 e. The molecule has 0 amide bonds. The highest BCUT2D eigenvalue weighted by molar-refractivity contribution is 9.10. The third kappa shape index (κ3) is 5.67. The van der Waals surface area contributed by atoms with E-state index in [0.717, 1.165) is 47.5 Å². The zero-order chi connectivity index (χ0) is 13.4. The molecule has 0 aliphatic rings. The fourth-order valence-corrected chi connectivity index (χ4v) is 2.42. The molecule has 0 fully saturated rings. The van der Waals surface area contributed by atoms with Gasteiger partial charge in [0.25, 0.3) is 0 Å². The van der Waals surface area contributed by atoms with Crippen molar-refractivity contribution in [1.29, 1.82) is 0 Å². The van der Waals surface area contributed by atoms with Crippen LogP contribution in [-0.2, 0) is 11.2 Å². The number of ether oxygens (including phenoxy) is 1. The van der Waals surface area contributed by atoms with Crippen LogP contribution in [0.3, 0.4) is 0 Å². The fraction of sp³-hybridized carbons (Fsp3) is 0.538. The van der Waals surface area contributed by atoms with Gasteiger partial charge < -0.3 is 4.74 Å². The number of hydrazine groups is 1. The summed E-state index contributed by atoms with van der Waals surface area (Å²) in [5.41, 5.74) is 3.91. The van der Waals surface area contributed by atoms with Crippen LogP contribution in [0, 0.1) is 0 Å². The average Bonchev–Trinajstić information content (AvgIpc) is 2.35. The molecule has 3 nitrogen and oxygen atoms in total. The maximum absolute atomic E-state index is 6.18. The maximum Gasteiger partial charge on any atom is 0.0481 e. The minimum atomic E-state index is 0.181. The normalized spacial score (nSPS) is 12.7. The molecular weight excluding hydrogens is 316 g/mol. The van der Waals surface area contributed by atoms with Crippen molar-refractivity contribution in [2.75, 3.05) is 13.2 Å². The standard InChI is InChI=1S/C13H20BrClN2O/c1-2-6-18-7-5-12(17-16)8-10-3-4-11(14)9-13(10)15/h3-4,9,12,17H,2,5-8,16H2,1H3. The molecule has 5 heteroatoms. The molecule has 0 spiro atoms. The molecule has 0 saturated heterocycles. The highest BCUT2D eigenvalue weighted by atomic mass is 79.9. The average molecular weight is 336 g/mol. The molecule has 0 aliphatic carbocycles. The van der Waals surface area contributed by atoms with Crippen molar-refractivity contribution < 1.29 is 4.74 Å². The van der Waals surface area contributed by atoms with Crippen molar-refractivity contribution in [3.63, 3.8) is 0 Å². The summed E-state index contributed by atoms with van der Waals surface area (Å²) in [6, 6.07) is 6.09. The Balaban J connectivity index is 2.46. The molecule has 0 aliphatic heterocycles. The lowest BCUT2D eigenvalue weighted by atomic mass is 10.0. The van der Waals surface area contributed by atoms with E-state index in [0.29, 0.717) is 0 Å². The minimum absolute atomic E-state index is 0.181.